The fraction of sp³-hybridized carbons (Fsp3) is 0.167. The Balaban J connectivity index is 2.40. The second kappa shape index (κ2) is 5.59. The smallest absolute Gasteiger partial charge is 0.253 e. The van der Waals surface area contributed by atoms with Crippen LogP contribution in [0.3, 0.4) is 0 Å². The summed E-state index contributed by atoms with van der Waals surface area (Å²) in [6.07, 6.45) is 4.36. The molecular formula is C12H14N6O2. The molecule has 0 aromatic carbocycles. The van der Waals surface area contributed by atoms with Gasteiger partial charge in [-0.05, 0) is 18.2 Å². The van der Waals surface area contributed by atoms with Crippen molar-refractivity contribution in [3.05, 3.63) is 42.4 Å². The highest BCUT2D eigenvalue weighted by atomic mass is 16.2. The summed E-state index contributed by atoms with van der Waals surface area (Å²) in [4.78, 5) is 32.3. The number of amides is 2. The number of nitrogens with two attached hydrogens (primary N) is 2. The monoisotopic (exact) mass is 274 g/mol. The third kappa shape index (κ3) is 2.29. The van der Waals surface area contributed by atoms with Crippen molar-refractivity contribution in [3.63, 3.8) is 0 Å². The van der Waals surface area contributed by atoms with Crippen LogP contribution in [0.4, 0.5) is 0 Å². The number of hydrazine groups is 2. The highest BCUT2D eigenvalue weighted by molar-refractivity contribution is 6.13. The van der Waals surface area contributed by atoms with Crippen molar-refractivity contribution < 1.29 is 9.59 Å². The van der Waals surface area contributed by atoms with E-state index in [0.29, 0.717) is 11.4 Å². The molecule has 1 aliphatic heterocycles. The third-order valence-electron chi connectivity index (χ3n) is 3.07. The molecule has 0 aliphatic carbocycles. The van der Waals surface area contributed by atoms with E-state index in [1.54, 1.807) is 24.4 Å². The first-order chi connectivity index (χ1) is 9.64. The van der Waals surface area contributed by atoms with Crippen LogP contribution < -0.4 is 22.5 Å². The molecule has 0 unspecified atom stereocenters. The molecule has 20 heavy (non-hydrogen) atoms. The number of pyridine rings is 1. The summed E-state index contributed by atoms with van der Waals surface area (Å²) in [6, 6.07) is 5.29. The highest BCUT2D eigenvalue weighted by Gasteiger charge is 2.45. The Morgan fingerprint density at radius 1 is 1.20 bits per heavy atom. The van der Waals surface area contributed by atoms with Crippen LogP contribution in [0.15, 0.2) is 41.7 Å². The zero-order valence-corrected chi connectivity index (χ0v) is 10.5. The molecule has 1 aromatic rings. The number of rotatable bonds is 3. The summed E-state index contributed by atoms with van der Waals surface area (Å²) in [6.45, 7) is 0. The van der Waals surface area contributed by atoms with E-state index in [1.165, 1.54) is 12.3 Å². The van der Waals surface area contributed by atoms with Crippen LogP contribution in [0.5, 0.6) is 0 Å². The van der Waals surface area contributed by atoms with Crippen molar-refractivity contribution in [2.24, 2.45) is 22.1 Å². The van der Waals surface area contributed by atoms with Gasteiger partial charge in [-0.2, -0.15) is 0 Å². The number of carbonyl (C=O) groups excluding carboxylic acids is 2. The normalized spacial score (nSPS) is 16.2. The van der Waals surface area contributed by atoms with Gasteiger partial charge in [0.15, 0.2) is 5.41 Å². The average molecular weight is 274 g/mol. The molecule has 0 atom stereocenters. The minimum Gasteiger partial charge on any atom is -0.293 e. The topological polar surface area (TPSA) is 135 Å². The minimum absolute atomic E-state index is 0.0204. The predicted molar refractivity (Wildman–Crippen MR) is 71.6 cm³/mol. The molecule has 0 saturated heterocycles. The van der Waals surface area contributed by atoms with Crippen LogP contribution in [0.25, 0.3) is 0 Å². The van der Waals surface area contributed by atoms with Crippen LogP contribution >= 0.6 is 0 Å². The first-order valence-electron chi connectivity index (χ1n) is 5.82. The van der Waals surface area contributed by atoms with Gasteiger partial charge in [0.1, 0.15) is 0 Å². The van der Waals surface area contributed by atoms with E-state index in [-0.39, 0.29) is 6.42 Å². The Bertz CT molecular complexity index is 565. The second-order valence-electron chi connectivity index (χ2n) is 4.20. The van der Waals surface area contributed by atoms with Gasteiger partial charge in [-0.3, -0.25) is 30.4 Å². The van der Waals surface area contributed by atoms with Crippen molar-refractivity contribution in [1.29, 1.82) is 0 Å². The summed E-state index contributed by atoms with van der Waals surface area (Å²) >= 11 is 0. The average Bonchev–Trinajstić information content (AvgIpc) is 2.54. The molecule has 0 fully saturated rings. The molecule has 6 N–H and O–H groups in total. The Morgan fingerprint density at radius 2 is 1.90 bits per heavy atom. The van der Waals surface area contributed by atoms with Crippen LogP contribution in [-0.4, -0.2) is 22.5 Å². The van der Waals surface area contributed by atoms with E-state index in [4.69, 9.17) is 11.7 Å². The van der Waals surface area contributed by atoms with E-state index in [1.807, 2.05) is 10.9 Å². The van der Waals surface area contributed by atoms with Gasteiger partial charge < -0.3 is 0 Å². The van der Waals surface area contributed by atoms with Gasteiger partial charge in [-0.15, -0.1) is 0 Å². The summed E-state index contributed by atoms with van der Waals surface area (Å²) in [5.41, 5.74) is 3.51. The molecule has 1 aliphatic rings. The molecule has 0 radical (unpaired) electrons. The molecule has 2 heterocycles. The van der Waals surface area contributed by atoms with Crippen molar-refractivity contribution in [2.45, 2.75) is 6.42 Å². The number of hydrogen-bond acceptors (Lipinski definition) is 6. The van der Waals surface area contributed by atoms with Gasteiger partial charge in [-0.1, -0.05) is 6.07 Å². The first kappa shape index (κ1) is 13.8. The number of nitrogens with one attached hydrogen (secondary N) is 2. The molecule has 104 valence electrons. The van der Waals surface area contributed by atoms with Crippen molar-refractivity contribution in [1.82, 2.24) is 15.8 Å². The lowest BCUT2D eigenvalue weighted by molar-refractivity contribution is -0.140. The van der Waals surface area contributed by atoms with E-state index in [2.05, 4.69) is 9.98 Å². The lowest BCUT2D eigenvalue weighted by Crippen LogP contribution is -2.55. The SMILES string of the molecule is NNC(=O)C1(C(=O)NN)C=CN=C(c2ccccn2)C1. The van der Waals surface area contributed by atoms with E-state index >= 15 is 0 Å². The van der Waals surface area contributed by atoms with Crippen LogP contribution in [0.2, 0.25) is 0 Å². The van der Waals surface area contributed by atoms with Gasteiger partial charge in [0.25, 0.3) is 11.8 Å². The molecule has 0 spiro atoms. The van der Waals surface area contributed by atoms with Gasteiger partial charge >= 0.3 is 0 Å². The Hall–Kier alpha value is -2.58. The maximum absolute atomic E-state index is 12.0. The van der Waals surface area contributed by atoms with Crippen LogP contribution in [0, 0.1) is 5.41 Å². The van der Waals surface area contributed by atoms with Gasteiger partial charge in [-0.25, -0.2) is 11.7 Å². The molecule has 2 rings (SSSR count). The van der Waals surface area contributed by atoms with Crippen molar-refractivity contribution in [3.8, 4) is 0 Å². The van der Waals surface area contributed by atoms with Gasteiger partial charge in [0.2, 0.25) is 0 Å². The number of aliphatic imine (C=N–C) groups is 1. The lowest BCUT2D eigenvalue weighted by atomic mass is 9.78. The second-order valence-corrected chi connectivity index (χ2v) is 4.20. The largest absolute Gasteiger partial charge is 0.293 e. The van der Waals surface area contributed by atoms with E-state index in [9.17, 15) is 9.59 Å². The summed E-state index contributed by atoms with van der Waals surface area (Å²) < 4.78 is 0. The molecule has 8 heteroatoms. The zero-order valence-electron chi connectivity index (χ0n) is 10.5. The Labute approximate surface area is 114 Å². The highest BCUT2D eigenvalue weighted by Crippen LogP contribution is 2.30. The summed E-state index contributed by atoms with van der Waals surface area (Å²) in [7, 11) is 0. The number of aromatic nitrogens is 1. The molecule has 8 nitrogen and oxygen atoms in total. The zero-order chi connectivity index (χ0) is 14.6. The van der Waals surface area contributed by atoms with Crippen LogP contribution in [0.1, 0.15) is 12.1 Å². The molecule has 1 aromatic heterocycles. The van der Waals surface area contributed by atoms with E-state index < -0.39 is 17.2 Å². The lowest BCUT2D eigenvalue weighted by Gasteiger charge is -2.28. The van der Waals surface area contributed by atoms with Crippen molar-refractivity contribution >= 4 is 17.5 Å². The third-order valence-corrected chi connectivity index (χ3v) is 3.07. The predicted octanol–water partition coefficient (Wildman–Crippen LogP) is -1.25. The Kier molecular flexibility index (Phi) is 3.87. The maximum atomic E-state index is 12.0. The van der Waals surface area contributed by atoms with Crippen LogP contribution in [-0.2, 0) is 9.59 Å². The number of nitrogens with zero attached hydrogens (tertiary/aromatic N) is 2. The quantitative estimate of drug-likeness (QED) is 0.236. The maximum Gasteiger partial charge on any atom is 0.253 e. The molecule has 0 bridgehead atoms. The molecule has 0 saturated carbocycles. The standard InChI is InChI=1S/C12H14N6O2/c13-17-10(19)12(11(20)18-14)4-6-16-9(7-12)8-3-1-2-5-15-8/h1-6H,7,13-14H2,(H,17,19)(H,18,20). The summed E-state index contributed by atoms with van der Waals surface area (Å²) in [5.74, 6) is 8.98. The number of hydrogen-bond donors (Lipinski definition) is 4. The first-order valence-corrected chi connectivity index (χ1v) is 5.82. The van der Waals surface area contributed by atoms with Gasteiger partial charge in [0, 0.05) is 18.8 Å². The fourth-order valence-corrected chi connectivity index (χ4v) is 1.99. The molecular weight excluding hydrogens is 260 g/mol. The minimum atomic E-state index is -1.53. The number of carbonyl (C=O) groups is 2. The van der Waals surface area contributed by atoms with E-state index in [0.717, 1.165) is 0 Å². The summed E-state index contributed by atoms with van der Waals surface area (Å²) in [5, 5.41) is 0. The Morgan fingerprint density at radius 3 is 2.45 bits per heavy atom. The van der Waals surface area contributed by atoms with Gasteiger partial charge in [0.05, 0.1) is 11.4 Å². The molecule has 2 amide bonds. The van der Waals surface area contributed by atoms with Crippen molar-refractivity contribution in [2.75, 3.05) is 0 Å². The fourth-order valence-electron chi connectivity index (χ4n) is 1.99.